The van der Waals surface area contributed by atoms with Gasteiger partial charge in [0.25, 0.3) is 0 Å². The molecule has 0 aromatic heterocycles. The first-order chi connectivity index (χ1) is 9.33. The molecule has 1 aromatic rings. The van der Waals surface area contributed by atoms with Gasteiger partial charge in [-0.2, -0.15) is 0 Å². The summed E-state index contributed by atoms with van der Waals surface area (Å²) in [5, 5.41) is 2.95. The summed E-state index contributed by atoms with van der Waals surface area (Å²) in [6, 6.07) is 7.71. The van der Waals surface area contributed by atoms with Crippen molar-refractivity contribution in [2.24, 2.45) is 11.1 Å². The zero-order valence-electron chi connectivity index (χ0n) is 13.1. The van der Waals surface area contributed by atoms with E-state index >= 15 is 0 Å². The van der Waals surface area contributed by atoms with Crippen molar-refractivity contribution in [3.63, 3.8) is 0 Å². The summed E-state index contributed by atoms with van der Waals surface area (Å²) < 4.78 is 5.65. The Morgan fingerprint density at radius 3 is 2.57 bits per heavy atom. The summed E-state index contributed by atoms with van der Waals surface area (Å²) in [5.74, 6) is -0.132. The predicted octanol–water partition coefficient (Wildman–Crippen LogP) is 2.89. The summed E-state index contributed by atoms with van der Waals surface area (Å²) >= 11 is 0. The second-order valence-corrected chi connectivity index (χ2v) is 6.11. The number of aryl methyl sites for hydroxylation is 1. The van der Waals surface area contributed by atoms with Gasteiger partial charge in [-0.25, -0.2) is 0 Å². The molecule has 1 amide bonds. The van der Waals surface area contributed by atoms with Gasteiger partial charge in [0.05, 0.1) is 6.10 Å². The molecule has 0 aliphatic heterocycles. The fourth-order valence-electron chi connectivity index (χ4n) is 2.77. The van der Waals surface area contributed by atoms with Gasteiger partial charge in [-0.3, -0.25) is 4.79 Å². The first-order valence-electron chi connectivity index (χ1n) is 7.10. The largest absolute Gasteiger partial charge is 0.378 e. The Morgan fingerprint density at radius 2 is 2.05 bits per heavy atom. The van der Waals surface area contributed by atoms with Crippen molar-refractivity contribution in [2.45, 2.75) is 45.8 Å². The zero-order chi connectivity index (χ0) is 15.0. The van der Waals surface area contributed by atoms with Gasteiger partial charge in [-0.15, -0.1) is 12.4 Å². The molecule has 3 N–H and O–H groups in total. The van der Waals surface area contributed by atoms with Crippen molar-refractivity contribution in [1.82, 2.24) is 0 Å². The van der Waals surface area contributed by atoms with Gasteiger partial charge < -0.3 is 15.8 Å². The van der Waals surface area contributed by atoms with Crippen LogP contribution in [-0.2, 0) is 9.53 Å². The number of para-hydroxylation sites is 1. The van der Waals surface area contributed by atoms with E-state index in [4.69, 9.17) is 10.5 Å². The van der Waals surface area contributed by atoms with E-state index in [1.165, 1.54) is 0 Å². The van der Waals surface area contributed by atoms with Crippen LogP contribution in [0.15, 0.2) is 24.3 Å². The van der Waals surface area contributed by atoms with Crippen molar-refractivity contribution in [3.8, 4) is 0 Å². The summed E-state index contributed by atoms with van der Waals surface area (Å²) in [6.07, 6.45) is 0.603. The smallest absolute Gasteiger partial charge is 0.245 e. The molecule has 1 fully saturated rings. The SMILES string of the molecule is CCOC1CC(N)(C(=O)Nc2ccccc2C)C1(C)C.Cl. The maximum absolute atomic E-state index is 12.5. The van der Waals surface area contributed by atoms with Crippen LogP contribution in [0.1, 0.15) is 32.8 Å². The number of nitrogens with two attached hydrogens (primary N) is 1. The number of ether oxygens (including phenoxy) is 1. The van der Waals surface area contributed by atoms with E-state index in [2.05, 4.69) is 5.32 Å². The maximum atomic E-state index is 12.5. The highest BCUT2D eigenvalue weighted by molar-refractivity contribution is 6.00. The quantitative estimate of drug-likeness (QED) is 0.898. The number of benzene rings is 1. The normalized spacial score (nSPS) is 26.4. The van der Waals surface area contributed by atoms with Crippen LogP contribution < -0.4 is 11.1 Å². The highest BCUT2D eigenvalue weighted by Gasteiger charge is 2.62. The number of anilines is 1. The summed E-state index contributed by atoms with van der Waals surface area (Å²) in [5.41, 5.74) is 6.95. The maximum Gasteiger partial charge on any atom is 0.245 e. The van der Waals surface area contributed by atoms with Crippen LogP contribution in [0.5, 0.6) is 0 Å². The number of amides is 1. The predicted molar refractivity (Wildman–Crippen MR) is 87.8 cm³/mol. The molecule has 0 spiro atoms. The number of rotatable bonds is 4. The Bertz CT molecular complexity index is 519. The molecule has 1 aliphatic carbocycles. The number of hydrogen-bond acceptors (Lipinski definition) is 3. The Hall–Kier alpha value is -1.10. The van der Waals surface area contributed by atoms with E-state index in [1.54, 1.807) is 0 Å². The van der Waals surface area contributed by atoms with Crippen molar-refractivity contribution in [3.05, 3.63) is 29.8 Å². The average molecular weight is 313 g/mol. The number of nitrogens with one attached hydrogen (secondary N) is 1. The van der Waals surface area contributed by atoms with Crippen LogP contribution in [0.2, 0.25) is 0 Å². The Morgan fingerprint density at radius 1 is 1.43 bits per heavy atom. The minimum absolute atomic E-state index is 0. The third-order valence-corrected chi connectivity index (χ3v) is 4.63. The van der Waals surface area contributed by atoms with Gasteiger partial charge in [0.2, 0.25) is 5.91 Å². The lowest BCUT2D eigenvalue weighted by Gasteiger charge is -2.57. The van der Waals surface area contributed by atoms with Crippen LogP contribution in [0.4, 0.5) is 5.69 Å². The standard InChI is InChI=1S/C16H24N2O2.ClH/c1-5-20-13-10-16(17,15(13,3)4)14(19)18-12-9-7-6-8-11(12)2;/h6-9,13H,5,10,17H2,1-4H3,(H,18,19);1H. The van der Waals surface area contributed by atoms with Crippen LogP contribution in [0.3, 0.4) is 0 Å². The Balaban J connectivity index is 0.00000220. The van der Waals surface area contributed by atoms with E-state index in [1.807, 2.05) is 52.0 Å². The molecule has 0 radical (unpaired) electrons. The molecule has 21 heavy (non-hydrogen) atoms. The van der Waals surface area contributed by atoms with Crippen LogP contribution in [-0.4, -0.2) is 24.2 Å². The molecule has 2 rings (SSSR count). The van der Waals surface area contributed by atoms with E-state index < -0.39 is 5.54 Å². The van der Waals surface area contributed by atoms with Crippen LogP contribution >= 0.6 is 12.4 Å². The Labute approximate surface area is 132 Å². The van der Waals surface area contributed by atoms with Gasteiger partial charge >= 0.3 is 0 Å². The summed E-state index contributed by atoms with van der Waals surface area (Å²) in [4.78, 5) is 12.5. The first-order valence-corrected chi connectivity index (χ1v) is 7.10. The van der Waals surface area contributed by atoms with Crippen molar-refractivity contribution < 1.29 is 9.53 Å². The monoisotopic (exact) mass is 312 g/mol. The lowest BCUT2D eigenvalue weighted by molar-refractivity contribution is -0.166. The Kier molecular flexibility index (Phi) is 5.42. The van der Waals surface area contributed by atoms with E-state index in [9.17, 15) is 4.79 Å². The van der Waals surface area contributed by atoms with E-state index in [-0.39, 0.29) is 29.8 Å². The number of carbonyl (C=O) groups is 1. The van der Waals surface area contributed by atoms with Gasteiger partial charge in [0.1, 0.15) is 5.54 Å². The van der Waals surface area contributed by atoms with Gasteiger partial charge in [-0.05, 0) is 25.5 Å². The lowest BCUT2D eigenvalue weighted by atomic mass is 9.54. The molecule has 0 saturated heterocycles. The van der Waals surface area contributed by atoms with Gasteiger partial charge in [-0.1, -0.05) is 32.0 Å². The summed E-state index contributed by atoms with van der Waals surface area (Å²) in [6.45, 7) is 8.56. The number of carbonyl (C=O) groups excluding carboxylic acids is 1. The van der Waals surface area contributed by atoms with Crippen LogP contribution in [0, 0.1) is 12.3 Å². The molecule has 0 bridgehead atoms. The minimum Gasteiger partial charge on any atom is -0.378 e. The molecule has 0 heterocycles. The topological polar surface area (TPSA) is 64.3 Å². The third kappa shape index (κ3) is 2.93. The third-order valence-electron chi connectivity index (χ3n) is 4.63. The molecular weight excluding hydrogens is 288 g/mol. The fraction of sp³-hybridized carbons (Fsp3) is 0.562. The fourth-order valence-corrected chi connectivity index (χ4v) is 2.77. The lowest BCUT2D eigenvalue weighted by Crippen LogP contribution is -2.74. The summed E-state index contributed by atoms with van der Waals surface area (Å²) in [7, 11) is 0. The molecule has 1 saturated carbocycles. The highest BCUT2D eigenvalue weighted by Crippen LogP contribution is 2.50. The second-order valence-electron chi connectivity index (χ2n) is 6.11. The van der Waals surface area contributed by atoms with Gasteiger partial charge in [0.15, 0.2) is 0 Å². The van der Waals surface area contributed by atoms with Crippen molar-refractivity contribution in [1.29, 1.82) is 0 Å². The molecule has 1 aromatic carbocycles. The number of halogens is 1. The number of hydrogen-bond donors (Lipinski definition) is 2. The van der Waals surface area contributed by atoms with E-state index in [0.29, 0.717) is 13.0 Å². The molecular formula is C16H25ClN2O2. The van der Waals surface area contributed by atoms with Crippen LogP contribution in [0.25, 0.3) is 0 Å². The van der Waals surface area contributed by atoms with E-state index in [0.717, 1.165) is 11.3 Å². The second kappa shape index (κ2) is 6.34. The molecule has 118 valence electrons. The molecule has 1 aliphatic rings. The highest BCUT2D eigenvalue weighted by atomic mass is 35.5. The average Bonchev–Trinajstić information content (AvgIpc) is 2.40. The van der Waals surface area contributed by atoms with Gasteiger partial charge in [0, 0.05) is 24.1 Å². The molecule has 5 heteroatoms. The zero-order valence-corrected chi connectivity index (χ0v) is 13.9. The molecule has 2 atom stereocenters. The molecule has 2 unspecified atom stereocenters. The first kappa shape index (κ1) is 18.0. The molecule has 4 nitrogen and oxygen atoms in total. The van der Waals surface area contributed by atoms with Crippen molar-refractivity contribution in [2.75, 3.05) is 11.9 Å². The van der Waals surface area contributed by atoms with Crippen molar-refractivity contribution >= 4 is 24.0 Å². The minimum atomic E-state index is -0.880.